The van der Waals surface area contributed by atoms with Gasteiger partial charge in [0.25, 0.3) is 0 Å². The minimum atomic E-state index is -5.87. The minimum Gasteiger partial charge on any atom is -0.274 e. The van der Waals surface area contributed by atoms with Gasteiger partial charge in [0.1, 0.15) is 0 Å². The lowest BCUT2D eigenvalue weighted by Crippen LogP contribution is -2.32. The Bertz CT molecular complexity index is 634. The Morgan fingerprint density at radius 2 is 0.964 bits per heavy atom. The van der Waals surface area contributed by atoms with E-state index in [0.717, 1.165) is 0 Å². The van der Waals surface area contributed by atoms with Gasteiger partial charge in [-0.05, 0) is 35.7 Å². The Kier molecular flexibility index (Phi) is 6.85. The Hall–Kier alpha value is -1.41. The van der Waals surface area contributed by atoms with Crippen LogP contribution in [0.2, 0.25) is 5.02 Å². The fourth-order valence-electron chi connectivity index (χ4n) is 2.15. The zero-order valence-corrected chi connectivity index (χ0v) is 13.8. The average molecular weight is 459 g/mol. The second-order valence-electron chi connectivity index (χ2n) is 5.18. The Morgan fingerprint density at radius 1 is 0.679 bits per heavy atom. The first kappa shape index (κ1) is 24.6. The van der Waals surface area contributed by atoms with Crippen molar-refractivity contribution < 1.29 is 62.2 Å². The van der Waals surface area contributed by atoms with Crippen molar-refractivity contribution >= 4 is 11.6 Å². The van der Waals surface area contributed by atoms with Gasteiger partial charge in [0.05, 0.1) is 0 Å². The molecule has 0 saturated carbocycles. The van der Waals surface area contributed by atoms with Crippen molar-refractivity contribution in [1.82, 2.24) is 0 Å². The summed E-state index contributed by atoms with van der Waals surface area (Å²) < 4.78 is 158. The maximum Gasteiger partial charge on any atom is 0.523 e. The lowest BCUT2D eigenvalue weighted by Gasteiger charge is -2.28. The van der Waals surface area contributed by atoms with E-state index in [4.69, 9.17) is 11.6 Å². The summed E-state index contributed by atoms with van der Waals surface area (Å²) in [7, 11) is 0. The Morgan fingerprint density at radius 3 is 1.18 bits per heavy atom. The van der Waals surface area contributed by atoms with Crippen LogP contribution in [-0.4, -0.2) is 25.1 Å². The molecule has 0 amide bonds. The molecule has 0 aliphatic rings. The van der Waals surface area contributed by atoms with Gasteiger partial charge in [-0.2, -0.15) is 26.3 Å². The van der Waals surface area contributed by atoms with Gasteiger partial charge >= 0.3 is 25.1 Å². The first-order valence-electron chi connectivity index (χ1n) is 6.65. The van der Waals surface area contributed by atoms with Crippen LogP contribution >= 0.6 is 11.6 Å². The molecule has 0 bridgehead atoms. The van der Waals surface area contributed by atoms with Crippen LogP contribution in [0.3, 0.4) is 0 Å². The lowest BCUT2D eigenvalue weighted by molar-refractivity contribution is -0.384. The topological polar surface area (TPSA) is 18.5 Å². The van der Waals surface area contributed by atoms with Crippen LogP contribution in [0.1, 0.15) is 28.9 Å². The van der Waals surface area contributed by atoms with Gasteiger partial charge in [-0.3, -0.25) is 9.47 Å². The molecule has 0 spiro atoms. The van der Waals surface area contributed by atoms with Crippen molar-refractivity contribution in [3.8, 4) is 0 Å². The van der Waals surface area contributed by atoms with Crippen LogP contribution in [0.15, 0.2) is 12.1 Å². The summed E-state index contributed by atoms with van der Waals surface area (Å²) in [6.07, 6.45) is -31.0. The second kappa shape index (κ2) is 7.78. The molecule has 0 N–H and O–H groups in total. The van der Waals surface area contributed by atoms with Crippen molar-refractivity contribution in [2.24, 2.45) is 0 Å². The smallest absolute Gasteiger partial charge is 0.274 e. The van der Waals surface area contributed by atoms with Gasteiger partial charge in [0, 0.05) is 5.02 Å². The first-order valence-corrected chi connectivity index (χ1v) is 7.02. The fourth-order valence-corrected chi connectivity index (χ4v) is 2.38. The summed E-state index contributed by atoms with van der Waals surface area (Å²) in [5, 5.41) is -1.00. The molecule has 2 nitrogen and oxygen atoms in total. The van der Waals surface area contributed by atoms with Crippen LogP contribution in [0.25, 0.3) is 0 Å². The van der Waals surface area contributed by atoms with Crippen molar-refractivity contribution in [2.75, 3.05) is 0 Å². The van der Waals surface area contributed by atoms with Gasteiger partial charge in [-0.25, -0.2) is 0 Å². The molecule has 0 radical (unpaired) electrons. The molecule has 1 rings (SSSR count). The molecule has 15 heteroatoms. The summed E-state index contributed by atoms with van der Waals surface area (Å²) in [6.45, 7) is 0.442. The molecule has 162 valence electrons. The van der Waals surface area contributed by atoms with Crippen LogP contribution in [-0.2, 0) is 9.47 Å². The fraction of sp³-hybridized carbons (Fsp3) is 0.538. The molecule has 0 saturated heterocycles. The van der Waals surface area contributed by atoms with Gasteiger partial charge < -0.3 is 0 Å². The SMILES string of the molecule is Cc1c(C(OC(F)(F)F)C(F)(F)F)cc(Cl)cc1C(OC(F)(F)F)C(F)(F)F. The standard InChI is InChI=1S/C13H7ClF12O2/c1-4-6(8(10(15,16)17)27-12(21,22)23)2-5(14)3-7(4)9(11(18,19)20)28-13(24,25)26/h2-3,8-9H,1H3. The summed E-state index contributed by atoms with van der Waals surface area (Å²) in [5.41, 5.74) is -4.36. The average Bonchev–Trinajstić information content (AvgIpc) is 2.40. The third-order valence-electron chi connectivity index (χ3n) is 3.12. The van der Waals surface area contributed by atoms with Crippen LogP contribution in [0, 0.1) is 6.92 Å². The zero-order valence-electron chi connectivity index (χ0n) is 13.0. The third-order valence-corrected chi connectivity index (χ3v) is 3.33. The molecule has 0 aliphatic carbocycles. The van der Waals surface area contributed by atoms with E-state index in [1.807, 2.05) is 0 Å². The highest BCUT2D eigenvalue weighted by atomic mass is 35.5. The van der Waals surface area contributed by atoms with Crippen molar-refractivity contribution in [2.45, 2.75) is 44.2 Å². The number of hydrogen-bond acceptors (Lipinski definition) is 2. The van der Waals surface area contributed by atoms with Crippen molar-refractivity contribution in [1.29, 1.82) is 0 Å². The van der Waals surface area contributed by atoms with Gasteiger partial charge in [0.2, 0.25) is 0 Å². The van der Waals surface area contributed by atoms with Crippen molar-refractivity contribution in [3.63, 3.8) is 0 Å². The zero-order chi connectivity index (χ0) is 22.3. The molecule has 28 heavy (non-hydrogen) atoms. The summed E-state index contributed by atoms with van der Waals surface area (Å²) in [5.74, 6) is 0. The van der Waals surface area contributed by atoms with E-state index >= 15 is 0 Å². The number of rotatable bonds is 4. The molecular formula is C13H7ClF12O2. The number of ether oxygens (including phenoxy) is 2. The Balaban J connectivity index is 3.67. The van der Waals surface area contributed by atoms with E-state index in [2.05, 4.69) is 9.47 Å². The van der Waals surface area contributed by atoms with Crippen molar-refractivity contribution in [3.05, 3.63) is 33.8 Å². The molecule has 0 fully saturated rings. The third kappa shape index (κ3) is 6.88. The normalized spacial score (nSPS) is 16.2. The highest BCUT2D eigenvalue weighted by Gasteiger charge is 2.52. The highest BCUT2D eigenvalue weighted by Crippen LogP contribution is 2.47. The predicted molar refractivity (Wildman–Crippen MR) is 68.1 cm³/mol. The van der Waals surface area contributed by atoms with E-state index in [1.54, 1.807) is 0 Å². The summed E-state index contributed by atoms with van der Waals surface area (Å²) >= 11 is 5.34. The predicted octanol–water partition coefficient (Wildman–Crippen LogP) is 6.93. The van der Waals surface area contributed by atoms with Gasteiger partial charge in [-0.15, -0.1) is 26.3 Å². The van der Waals surface area contributed by atoms with E-state index in [-0.39, 0.29) is 12.1 Å². The largest absolute Gasteiger partial charge is 0.523 e. The Labute approximate surface area is 153 Å². The van der Waals surface area contributed by atoms with E-state index in [9.17, 15) is 52.7 Å². The van der Waals surface area contributed by atoms with Crippen LogP contribution in [0.4, 0.5) is 52.7 Å². The molecular weight excluding hydrogens is 452 g/mol. The quantitative estimate of drug-likeness (QED) is 0.456. The molecule has 1 aromatic rings. The molecule has 0 aromatic heterocycles. The summed E-state index contributed by atoms with van der Waals surface area (Å²) in [6, 6.07) is 0.399. The van der Waals surface area contributed by atoms with E-state index in [1.165, 1.54) is 0 Å². The van der Waals surface area contributed by atoms with Crippen LogP contribution < -0.4 is 0 Å². The number of benzene rings is 1. The van der Waals surface area contributed by atoms with E-state index < -0.39 is 59.0 Å². The maximum absolute atomic E-state index is 13.0. The molecule has 2 unspecified atom stereocenters. The molecule has 0 aliphatic heterocycles. The number of hydrogen-bond donors (Lipinski definition) is 0. The number of halogens is 13. The molecule has 0 heterocycles. The molecule has 1 aromatic carbocycles. The first-order chi connectivity index (χ1) is 12.2. The van der Waals surface area contributed by atoms with Crippen LogP contribution in [0.5, 0.6) is 0 Å². The minimum absolute atomic E-state index is 0.200. The van der Waals surface area contributed by atoms with Gasteiger partial charge in [-0.1, -0.05) is 11.6 Å². The highest BCUT2D eigenvalue weighted by molar-refractivity contribution is 6.30. The van der Waals surface area contributed by atoms with Gasteiger partial charge in [0.15, 0.2) is 12.2 Å². The second-order valence-corrected chi connectivity index (χ2v) is 5.62. The monoisotopic (exact) mass is 458 g/mol. The maximum atomic E-state index is 13.0. The molecule has 2 atom stereocenters. The number of alkyl halides is 12. The lowest BCUT2D eigenvalue weighted by atomic mass is 9.94. The summed E-state index contributed by atoms with van der Waals surface area (Å²) in [4.78, 5) is 0. The van der Waals surface area contributed by atoms with E-state index in [0.29, 0.717) is 6.92 Å².